The number of nitrogens with one attached hydrogen (secondary N) is 2. The average Bonchev–Trinajstić information content (AvgIpc) is 3.05. The number of carbonyl (C=O) groups is 1. The summed E-state index contributed by atoms with van der Waals surface area (Å²) < 4.78 is 0. The van der Waals surface area contributed by atoms with Crippen LogP contribution in [-0.4, -0.2) is 22.2 Å². The summed E-state index contributed by atoms with van der Waals surface area (Å²) in [6.07, 6.45) is 1.76. The molecule has 22 heavy (non-hydrogen) atoms. The summed E-state index contributed by atoms with van der Waals surface area (Å²) in [5.41, 5.74) is 2.06. The quantitative estimate of drug-likeness (QED) is 0.814. The second-order valence-electron chi connectivity index (χ2n) is 5.77. The highest BCUT2D eigenvalue weighted by Gasteiger charge is 2.31. The molecule has 0 radical (unpaired) electrons. The molecule has 0 unspecified atom stereocenters. The molecule has 0 spiro atoms. The molecular weight excluding hydrogens is 298 g/mol. The van der Waals surface area contributed by atoms with Gasteiger partial charge in [-0.25, -0.2) is 9.78 Å². The first-order chi connectivity index (χ1) is 10.5. The van der Waals surface area contributed by atoms with Crippen molar-refractivity contribution in [1.82, 2.24) is 10.3 Å². The number of aliphatic hydroxyl groups is 1. The Morgan fingerprint density at radius 2 is 2.18 bits per heavy atom. The third-order valence-electron chi connectivity index (χ3n) is 3.80. The van der Waals surface area contributed by atoms with Crippen molar-refractivity contribution in [2.24, 2.45) is 0 Å². The van der Waals surface area contributed by atoms with Crippen molar-refractivity contribution < 1.29 is 9.90 Å². The van der Waals surface area contributed by atoms with Gasteiger partial charge in [-0.3, -0.25) is 5.32 Å². The maximum atomic E-state index is 12.1. The highest BCUT2D eigenvalue weighted by molar-refractivity contribution is 7.15. The Labute approximate surface area is 133 Å². The van der Waals surface area contributed by atoms with Gasteiger partial charge in [0, 0.05) is 17.5 Å². The summed E-state index contributed by atoms with van der Waals surface area (Å²) in [6, 6.07) is 7.06. The zero-order chi connectivity index (χ0) is 15.7. The zero-order valence-electron chi connectivity index (χ0n) is 12.5. The zero-order valence-corrected chi connectivity index (χ0v) is 13.4. The highest BCUT2D eigenvalue weighted by atomic mass is 32.1. The van der Waals surface area contributed by atoms with Crippen molar-refractivity contribution in [3.63, 3.8) is 0 Å². The fraction of sp³-hybridized carbons (Fsp3) is 0.375. The van der Waals surface area contributed by atoms with E-state index < -0.39 is 6.10 Å². The molecule has 0 bridgehead atoms. The number of hydrogen-bond acceptors (Lipinski definition) is 4. The molecule has 3 rings (SSSR count). The van der Waals surface area contributed by atoms with Gasteiger partial charge in [0.15, 0.2) is 5.13 Å². The van der Waals surface area contributed by atoms with Crippen LogP contribution in [0.3, 0.4) is 0 Å². The molecule has 116 valence electrons. The maximum Gasteiger partial charge on any atom is 0.321 e. The average molecular weight is 317 g/mol. The topological polar surface area (TPSA) is 74.2 Å². The van der Waals surface area contributed by atoms with Crippen molar-refractivity contribution in [2.45, 2.75) is 38.3 Å². The Bertz CT molecular complexity index is 684. The summed E-state index contributed by atoms with van der Waals surface area (Å²) in [5, 5.41) is 16.3. The van der Waals surface area contributed by atoms with E-state index in [1.165, 1.54) is 11.3 Å². The minimum Gasteiger partial charge on any atom is -0.390 e. The SMILES string of the molecule is CC(C)c1cnc(NC(=O)N[C@@H]2c3ccccc3C[C@@H]2O)s1. The largest absolute Gasteiger partial charge is 0.390 e. The summed E-state index contributed by atoms with van der Waals surface area (Å²) in [7, 11) is 0. The van der Waals surface area contributed by atoms with E-state index in [4.69, 9.17) is 0 Å². The number of rotatable bonds is 3. The van der Waals surface area contributed by atoms with Gasteiger partial charge in [-0.1, -0.05) is 38.1 Å². The maximum absolute atomic E-state index is 12.1. The van der Waals surface area contributed by atoms with Crippen LogP contribution in [0.25, 0.3) is 0 Å². The van der Waals surface area contributed by atoms with Crippen LogP contribution in [0.1, 0.15) is 41.8 Å². The molecule has 1 aromatic carbocycles. The van der Waals surface area contributed by atoms with Crippen LogP contribution in [0, 0.1) is 0 Å². The minimum absolute atomic E-state index is 0.342. The van der Waals surface area contributed by atoms with Gasteiger partial charge in [0.25, 0.3) is 0 Å². The number of carbonyl (C=O) groups excluding carboxylic acids is 1. The molecule has 2 aromatic rings. The monoisotopic (exact) mass is 317 g/mol. The molecule has 1 aliphatic rings. The van der Waals surface area contributed by atoms with Crippen LogP contribution in [0.2, 0.25) is 0 Å². The number of hydrogen-bond donors (Lipinski definition) is 3. The van der Waals surface area contributed by atoms with Gasteiger partial charge in [0.2, 0.25) is 0 Å². The minimum atomic E-state index is -0.592. The van der Waals surface area contributed by atoms with Gasteiger partial charge in [-0.05, 0) is 17.0 Å². The number of aromatic nitrogens is 1. The number of urea groups is 1. The molecule has 2 amide bonds. The molecule has 1 heterocycles. The number of thiazole rings is 1. The summed E-state index contributed by atoms with van der Waals surface area (Å²) in [6.45, 7) is 4.17. The van der Waals surface area contributed by atoms with E-state index in [1.54, 1.807) is 6.20 Å². The van der Waals surface area contributed by atoms with Gasteiger partial charge < -0.3 is 10.4 Å². The van der Waals surface area contributed by atoms with E-state index in [0.29, 0.717) is 17.5 Å². The van der Waals surface area contributed by atoms with Gasteiger partial charge in [0.05, 0.1) is 12.1 Å². The number of benzene rings is 1. The predicted octanol–water partition coefficient (Wildman–Crippen LogP) is 3.05. The molecule has 2 atom stereocenters. The van der Waals surface area contributed by atoms with Crippen LogP contribution in [0.15, 0.2) is 30.5 Å². The third-order valence-corrected chi connectivity index (χ3v) is 5.02. The second-order valence-corrected chi connectivity index (χ2v) is 6.83. The van der Waals surface area contributed by atoms with E-state index in [0.717, 1.165) is 16.0 Å². The van der Waals surface area contributed by atoms with E-state index in [1.807, 2.05) is 24.3 Å². The van der Waals surface area contributed by atoms with Crippen molar-refractivity contribution in [1.29, 1.82) is 0 Å². The Hall–Kier alpha value is -1.92. The molecule has 5 nitrogen and oxygen atoms in total. The van der Waals surface area contributed by atoms with E-state index in [2.05, 4.69) is 29.5 Å². The molecule has 3 N–H and O–H groups in total. The third kappa shape index (κ3) is 2.98. The van der Waals surface area contributed by atoms with Gasteiger partial charge >= 0.3 is 6.03 Å². The lowest BCUT2D eigenvalue weighted by molar-refractivity contribution is 0.144. The second kappa shape index (κ2) is 6.06. The lowest BCUT2D eigenvalue weighted by Crippen LogP contribution is -2.36. The normalized spacial score (nSPS) is 20.0. The van der Waals surface area contributed by atoms with Crippen LogP contribution in [0.5, 0.6) is 0 Å². The number of nitrogens with zero attached hydrogens (tertiary/aromatic N) is 1. The lowest BCUT2D eigenvalue weighted by Gasteiger charge is -2.17. The Morgan fingerprint density at radius 1 is 1.41 bits per heavy atom. The van der Waals surface area contributed by atoms with Crippen LogP contribution in [0.4, 0.5) is 9.93 Å². The molecule has 0 aliphatic heterocycles. The number of amides is 2. The molecule has 1 aromatic heterocycles. The predicted molar refractivity (Wildman–Crippen MR) is 87.3 cm³/mol. The van der Waals surface area contributed by atoms with Gasteiger partial charge in [0.1, 0.15) is 0 Å². The molecule has 0 saturated carbocycles. The smallest absolute Gasteiger partial charge is 0.321 e. The standard InChI is InChI=1S/C16H19N3O2S/c1-9(2)13-8-17-16(22-13)19-15(21)18-14-11-6-4-3-5-10(11)7-12(14)20/h3-6,8-9,12,14,20H,7H2,1-2H3,(H2,17,18,19,21)/t12-,14+/m0/s1. The molecule has 0 fully saturated rings. The molecule has 1 aliphatic carbocycles. The van der Waals surface area contributed by atoms with Gasteiger partial charge in [-0.2, -0.15) is 0 Å². The van der Waals surface area contributed by atoms with Crippen LogP contribution in [-0.2, 0) is 6.42 Å². The Kier molecular flexibility index (Phi) is 4.13. The van der Waals surface area contributed by atoms with Crippen molar-refractivity contribution in [2.75, 3.05) is 5.32 Å². The summed E-state index contributed by atoms with van der Waals surface area (Å²) >= 11 is 1.47. The number of aliphatic hydroxyl groups excluding tert-OH is 1. The highest BCUT2D eigenvalue weighted by Crippen LogP contribution is 2.31. The number of fused-ring (bicyclic) bond motifs is 1. The summed E-state index contributed by atoms with van der Waals surface area (Å²) in [4.78, 5) is 17.5. The fourth-order valence-corrected chi connectivity index (χ4v) is 3.45. The Balaban J connectivity index is 1.67. The van der Waals surface area contributed by atoms with Crippen molar-refractivity contribution >= 4 is 22.5 Å². The fourth-order valence-electron chi connectivity index (χ4n) is 2.63. The van der Waals surface area contributed by atoms with E-state index in [-0.39, 0.29) is 12.1 Å². The first-order valence-electron chi connectivity index (χ1n) is 7.33. The van der Waals surface area contributed by atoms with Crippen molar-refractivity contribution in [3.8, 4) is 0 Å². The molecule has 6 heteroatoms. The van der Waals surface area contributed by atoms with E-state index in [9.17, 15) is 9.90 Å². The number of anilines is 1. The van der Waals surface area contributed by atoms with Gasteiger partial charge in [-0.15, -0.1) is 11.3 Å². The molecular formula is C16H19N3O2S. The summed E-state index contributed by atoms with van der Waals surface area (Å²) in [5.74, 6) is 0.389. The van der Waals surface area contributed by atoms with E-state index >= 15 is 0 Å². The lowest BCUT2D eigenvalue weighted by atomic mass is 10.1. The van der Waals surface area contributed by atoms with Crippen LogP contribution >= 0.6 is 11.3 Å². The Morgan fingerprint density at radius 3 is 2.91 bits per heavy atom. The van der Waals surface area contributed by atoms with Crippen LogP contribution < -0.4 is 10.6 Å². The molecule has 0 saturated heterocycles. The first kappa shape index (κ1) is 15.0. The first-order valence-corrected chi connectivity index (χ1v) is 8.15. The van der Waals surface area contributed by atoms with Crippen molar-refractivity contribution in [3.05, 3.63) is 46.5 Å².